The third-order valence-corrected chi connectivity index (χ3v) is 11.6. The first-order chi connectivity index (χ1) is 27.1. The van der Waals surface area contributed by atoms with Gasteiger partial charge in [-0.3, -0.25) is 28.5 Å². The largest absolute Gasteiger partial charge is 0.388 e. The first-order valence-corrected chi connectivity index (χ1v) is 19.3. The van der Waals surface area contributed by atoms with Gasteiger partial charge in [0.25, 0.3) is 11.5 Å². The SMILES string of the molecule is Cc1nc2c(=O)n(CC3(O)CCN(C(=O)C4CCN(CCNC(=O)c5ccc6c(Cl)ccnc6c5)CC4c4ccccc4)CC3)cnc2n1-c1ccc(F)cc1. The van der Waals surface area contributed by atoms with Crippen LogP contribution in [0.25, 0.3) is 27.8 Å². The number of hydrogen-bond acceptors (Lipinski definition) is 8. The lowest BCUT2D eigenvalue weighted by atomic mass is 9.79. The monoisotopic (exact) mass is 776 g/mol. The molecule has 3 aromatic carbocycles. The lowest BCUT2D eigenvalue weighted by Crippen LogP contribution is -2.53. The molecule has 14 heteroatoms. The van der Waals surface area contributed by atoms with Gasteiger partial charge in [0.15, 0.2) is 11.2 Å². The topological polar surface area (TPSA) is 138 Å². The van der Waals surface area contributed by atoms with E-state index in [0.717, 1.165) is 10.9 Å². The molecule has 0 aliphatic carbocycles. The van der Waals surface area contributed by atoms with E-state index in [1.165, 1.54) is 23.0 Å². The van der Waals surface area contributed by atoms with E-state index >= 15 is 0 Å². The van der Waals surface area contributed by atoms with Crippen LogP contribution in [-0.4, -0.2) is 95.7 Å². The number of imidazole rings is 1. The molecule has 0 saturated carbocycles. The third kappa shape index (κ3) is 7.54. The van der Waals surface area contributed by atoms with E-state index in [-0.39, 0.29) is 47.1 Å². The third-order valence-electron chi connectivity index (χ3n) is 11.3. The number of aryl methyl sites for hydroxylation is 1. The van der Waals surface area contributed by atoms with Crippen molar-refractivity contribution in [1.29, 1.82) is 0 Å². The maximum atomic E-state index is 14.2. The Morgan fingerprint density at radius 2 is 1.77 bits per heavy atom. The van der Waals surface area contributed by atoms with Gasteiger partial charge in [-0.15, -0.1) is 0 Å². The fourth-order valence-corrected chi connectivity index (χ4v) is 8.42. The lowest BCUT2D eigenvalue weighted by molar-refractivity contribution is -0.142. The summed E-state index contributed by atoms with van der Waals surface area (Å²) in [5.41, 5.74) is 1.84. The molecule has 2 aliphatic heterocycles. The molecule has 0 radical (unpaired) electrons. The summed E-state index contributed by atoms with van der Waals surface area (Å²) in [6.07, 6.45) is 4.32. The molecule has 3 aromatic heterocycles. The fraction of sp³-hybridized carbons (Fsp3) is 0.333. The van der Waals surface area contributed by atoms with Crippen molar-refractivity contribution in [2.24, 2.45) is 5.92 Å². The Bertz CT molecular complexity index is 2470. The van der Waals surface area contributed by atoms with Crippen molar-refractivity contribution in [3.63, 3.8) is 0 Å². The molecule has 2 N–H and O–H groups in total. The van der Waals surface area contributed by atoms with E-state index in [9.17, 15) is 23.9 Å². The predicted molar refractivity (Wildman–Crippen MR) is 211 cm³/mol. The van der Waals surface area contributed by atoms with Crippen molar-refractivity contribution in [3.8, 4) is 5.69 Å². The highest BCUT2D eigenvalue weighted by atomic mass is 35.5. The minimum atomic E-state index is -1.21. The van der Waals surface area contributed by atoms with Gasteiger partial charge in [-0.05, 0) is 80.8 Å². The van der Waals surface area contributed by atoms with Crippen LogP contribution in [0.5, 0.6) is 0 Å². The summed E-state index contributed by atoms with van der Waals surface area (Å²) in [4.78, 5) is 58.3. The van der Waals surface area contributed by atoms with E-state index in [2.05, 4.69) is 37.3 Å². The van der Waals surface area contributed by atoms with Gasteiger partial charge >= 0.3 is 0 Å². The minimum absolute atomic E-state index is 0.0208. The smallest absolute Gasteiger partial charge is 0.281 e. The Morgan fingerprint density at radius 3 is 2.54 bits per heavy atom. The maximum absolute atomic E-state index is 14.2. The quantitative estimate of drug-likeness (QED) is 0.207. The number of carbonyl (C=O) groups is 2. The lowest BCUT2D eigenvalue weighted by Gasteiger charge is -2.43. The zero-order valence-corrected chi connectivity index (χ0v) is 31.7. The molecule has 5 heterocycles. The van der Waals surface area contributed by atoms with E-state index in [0.29, 0.717) is 91.8 Å². The van der Waals surface area contributed by atoms with Crippen LogP contribution in [0.1, 0.15) is 46.9 Å². The molecule has 2 saturated heterocycles. The first-order valence-electron chi connectivity index (χ1n) is 18.9. The number of amides is 2. The highest BCUT2D eigenvalue weighted by molar-refractivity contribution is 6.35. The van der Waals surface area contributed by atoms with Crippen molar-refractivity contribution in [2.45, 2.75) is 44.2 Å². The summed E-state index contributed by atoms with van der Waals surface area (Å²) >= 11 is 6.27. The van der Waals surface area contributed by atoms with Crippen LogP contribution in [-0.2, 0) is 11.3 Å². The summed E-state index contributed by atoms with van der Waals surface area (Å²) in [5.74, 6) is -0.224. The van der Waals surface area contributed by atoms with Gasteiger partial charge in [-0.25, -0.2) is 14.4 Å². The van der Waals surface area contributed by atoms with Crippen molar-refractivity contribution < 1.29 is 19.1 Å². The van der Waals surface area contributed by atoms with Crippen LogP contribution in [0.2, 0.25) is 5.02 Å². The van der Waals surface area contributed by atoms with E-state index in [4.69, 9.17) is 11.6 Å². The molecule has 2 atom stereocenters. The van der Waals surface area contributed by atoms with Crippen LogP contribution >= 0.6 is 11.6 Å². The average molecular weight is 777 g/mol. The minimum Gasteiger partial charge on any atom is -0.388 e. The number of rotatable bonds is 9. The molecule has 2 amide bonds. The van der Waals surface area contributed by atoms with Crippen LogP contribution in [0.15, 0.2) is 96.2 Å². The molecule has 6 aromatic rings. The predicted octanol–water partition coefficient (Wildman–Crippen LogP) is 5.12. The summed E-state index contributed by atoms with van der Waals surface area (Å²) in [6.45, 7) is 4.96. The summed E-state index contributed by atoms with van der Waals surface area (Å²) in [6, 6.07) is 23.0. The molecular formula is C42H42ClFN8O4. The second-order valence-corrected chi connectivity index (χ2v) is 15.3. The number of pyridine rings is 1. The molecule has 2 aliphatic rings. The number of aromatic nitrogens is 5. The van der Waals surface area contributed by atoms with E-state index in [1.807, 2.05) is 29.2 Å². The highest BCUT2D eigenvalue weighted by Gasteiger charge is 2.41. The summed E-state index contributed by atoms with van der Waals surface area (Å²) < 4.78 is 16.7. The Labute approximate surface area is 327 Å². The fourth-order valence-electron chi connectivity index (χ4n) is 8.20. The number of halogens is 2. The van der Waals surface area contributed by atoms with Gasteiger partial charge in [0.05, 0.1) is 22.7 Å². The van der Waals surface area contributed by atoms with Gasteiger partial charge in [-0.2, -0.15) is 0 Å². The standard InChI is InChI=1S/C42H42ClFN8O4/c1-27-48-37-38(52(27)31-10-8-30(44)9-11-31)47-26-51(41(37)55)25-42(56)15-20-50(21-16-42)40(54)32-14-19-49(24-34(32)28-5-3-2-4-6-28)22-18-46-39(53)29-7-12-33-35(43)13-17-45-36(33)23-29/h2-13,17,23,26,32,34,56H,14-16,18-22,24-25H2,1H3,(H,46,53). The zero-order valence-electron chi connectivity index (χ0n) is 30.9. The number of likely N-dealkylation sites (tertiary alicyclic amines) is 2. The Kier molecular flexibility index (Phi) is 10.4. The second kappa shape index (κ2) is 15.6. The van der Waals surface area contributed by atoms with Gasteiger partial charge in [0, 0.05) is 67.4 Å². The zero-order chi connectivity index (χ0) is 39.0. The van der Waals surface area contributed by atoms with Gasteiger partial charge < -0.3 is 20.2 Å². The van der Waals surface area contributed by atoms with Gasteiger partial charge in [0.2, 0.25) is 5.91 Å². The maximum Gasteiger partial charge on any atom is 0.281 e. The number of nitrogens with zero attached hydrogens (tertiary/aromatic N) is 7. The molecule has 12 nitrogen and oxygen atoms in total. The molecule has 56 heavy (non-hydrogen) atoms. The van der Waals surface area contributed by atoms with Gasteiger partial charge in [-0.1, -0.05) is 48.0 Å². The molecule has 2 fully saturated rings. The van der Waals surface area contributed by atoms with Crippen molar-refractivity contribution in [3.05, 3.63) is 130 Å². The van der Waals surface area contributed by atoms with E-state index in [1.54, 1.807) is 48.0 Å². The van der Waals surface area contributed by atoms with Gasteiger partial charge in [0.1, 0.15) is 18.0 Å². The normalized spacial score (nSPS) is 18.7. The molecule has 0 bridgehead atoms. The number of piperidine rings is 2. The molecule has 288 valence electrons. The molecule has 8 rings (SSSR count). The Morgan fingerprint density at radius 1 is 1.00 bits per heavy atom. The summed E-state index contributed by atoms with van der Waals surface area (Å²) in [5, 5.41) is 16.1. The van der Waals surface area contributed by atoms with Crippen LogP contribution < -0.4 is 10.9 Å². The Balaban J connectivity index is 0.895. The van der Waals surface area contributed by atoms with Crippen LogP contribution in [0.4, 0.5) is 4.39 Å². The number of fused-ring (bicyclic) bond motifs is 2. The summed E-state index contributed by atoms with van der Waals surface area (Å²) in [7, 11) is 0. The van der Waals surface area contributed by atoms with Crippen LogP contribution in [0, 0.1) is 18.7 Å². The number of benzene rings is 3. The van der Waals surface area contributed by atoms with Crippen molar-refractivity contribution in [1.82, 2.24) is 39.2 Å². The van der Waals surface area contributed by atoms with Crippen molar-refractivity contribution >= 4 is 45.5 Å². The Hall–Kier alpha value is -5.50. The highest BCUT2D eigenvalue weighted by Crippen LogP contribution is 2.35. The average Bonchev–Trinajstić information content (AvgIpc) is 3.55. The van der Waals surface area contributed by atoms with E-state index < -0.39 is 5.60 Å². The van der Waals surface area contributed by atoms with Crippen molar-refractivity contribution in [2.75, 3.05) is 39.3 Å². The number of carbonyl (C=O) groups excluding carboxylic acids is 2. The number of hydrogen-bond donors (Lipinski definition) is 2. The first kappa shape index (κ1) is 37.4. The second-order valence-electron chi connectivity index (χ2n) is 14.9. The molecule has 0 spiro atoms. The molecular weight excluding hydrogens is 735 g/mol. The molecule has 2 unspecified atom stereocenters. The number of nitrogens with one attached hydrogen (secondary N) is 1. The van der Waals surface area contributed by atoms with Crippen LogP contribution in [0.3, 0.4) is 0 Å². The number of aliphatic hydroxyl groups is 1.